The van der Waals surface area contributed by atoms with Crippen LogP contribution in [0.1, 0.15) is 30.6 Å². The van der Waals surface area contributed by atoms with Crippen molar-refractivity contribution >= 4 is 11.6 Å². The molecule has 1 unspecified atom stereocenters. The van der Waals surface area contributed by atoms with E-state index in [0.717, 1.165) is 23.4 Å². The first-order chi connectivity index (χ1) is 9.10. The molecule has 3 nitrogen and oxygen atoms in total. The maximum Gasteiger partial charge on any atom is 0.145 e. The quantitative estimate of drug-likeness (QED) is 0.908. The van der Waals surface area contributed by atoms with Gasteiger partial charge in [0, 0.05) is 11.1 Å². The Labute approximate surface area is 118 Å². The summed E-state index contributed by atoms with van der Waals surface area (Å²) >= 11 is 5.96. The van der Waals surface area contributed by atoms with Crippen LogP contribution >= 0.6 is 11.6 Å². The van der Waals surface area contributed by atoms with Crippen LogP contribution in [0.5, 0.6) is 11.5 Å². The summed E-state index contributed by atoms with van der Waals surface area (Å²) in [6.07, 6.45) is 2.55. The maximum absolute atomic E-state index is 5.96. The minimum atomic E-state index is -0.0260. The predicted molar refractivity (Wildman–Crippen MR) is 77.7 cm³/mol. The third-order valence-electron chi connectivity index (χ3n) is 2.96. The Hall–Kier alpha value is -1.58. The molecule has 0 aliphatic carbocycles. The number of ether oxygens (including phenoxy) is 1. The number of pyridine rings is 1. The van der Waals surface area contributed by atoms with E-state index in [9.17, 15) is 0 Å². The van der Waals surface area contributed by atoms with Crippen molar-refractivity contribution in [3.8, 4) is 11.5 Å². The standard InChI is InChI=1S/C15H17ClN2O/c1-3-13(17)14-7-6-12(9-18-14)19-15-8-11(16)5-4-10(15)2/h4-9,13H,3,17H2,1-2H3. The van der Waals surface area contributed by atoms with Gasteiger partial charge in [0.05, 0.1) is 11.9 Å². The molecule has 2 rings (SSSR count). The first kappa shape index (κ1) is 13.8. The zero-order valence-electron chi connectivity index (χ0n) is 11.1. The van der Waals surface area contributed by atoms with Crippen LogP contribution in [0.25, 0.3) is 0 Å². The van der Waals surface area contributed by atoms with Gasteiger partial charge in [-0.3, -0.25) is 4.98 Å². The molecule has 0 aliphatic heterocycles. The van der Waals surface area contributed by atoms with Gasteiger partial charge in [-0.2, -0.15) is 0 Å². The van der Waals surface area contributed by atoms with E-state index >= 15 is 0 Å². The van der Waals surface area contributed by atoms with E-state index in [0.29, 0.717) is 10.8 Å². The Bertz CT molecular complexity index is 555. The molecule has 100 valence electrons. The van der Waals surface area contributed by atoms with Crippen LogP contribution in [-0.4, -0.2) is 4.98 Å². The van der Waals surface area contributed by atoms with Gasteiger partial charge in [-0.05, 0) is 43.2 Å². The van der Waals surface area contributed by atoms with Gasteiger partial charge in [-0.1, -0.05) is 24.6 Å². The van der Waals surface area contributed by atoms with Crippen molar-refractivity contribution in [2.24, 2.45) is 5.73 Å². The van der Waals surface area contributed by atoms with E-state index in [-0.39, 0.29) is 6.04 Å². The van der Waals surface area contributed by atoms with Crippen molar-refractivity contribution < 1.29 is 4.74 Å². The van der Waals surface area contributed by atoms with Gasteiger partial charge in [0.15, 0.2) is 0 Å². The highest BCUT2D eigenvalue weighted by Gasteiger charge is 2.06. The maximum atomic E-state index is 5.96. The van der Waals surface area contributed by atoms with E-state index in [1.54, 1.807) is 12.3 Å². The highest BCUT2D eigenvalue weighted by atomic mass is 35.5. The molecule has 19 heavy (non-hydrogen) atoms. The highest BCUT2D eigenvalue weighted by Crippen LogP contribution is 2.27. The second-order valence-electron chi connectivity index (χ2n) is 4.45. The number of halogens is 1. The molecule has 0 radical (unpaired) electrons. The molecule has 2 aromatic rings. The second-order valence-corrected chi connectivity index (χ2v) is 4.88. The van der Waals surface area contributed by atoms with Crippen LogP contribution in [0.15, 0.2) is 36.5 Å². The number of rotatable bonds is 4. The predicted octanol–water partition coefficient (Wildman–Crippen LogP) is 4.25. The average Bonchev–Trinajstić information content (AvgIpc) is 2.43. The van der Waals surface area contributed by atoms with Gasteiger partial charge >= 0.3 is 0 Å². The number of benzene rings is 1. The molecule has 2 N–H and O–H groups in total. The third kappa shape index (κ3) is 3.46. The number of hydrogen-bond acceptors (Lipinski definition) is 3. The van der Waals surface area contributed by atoms with Gasteiger partial charge in [-0.25, -0.2) is 0 Å². The SMILES string of the molecule is CCC(N)c1ccc(Oc2cc(Cl)ccc2C)cn1. The fraction of sp³-hybridized carbons (Fsp3) is 0.267. The van der Waals surface area contributed by atoms with Crippen LogP contribution in [0.3, 0.4) is 0 Å². The Morgan fingerprint density at radius 3 is 2.74 bits per heavy atom. The lowest BCUT2D eigenvalue weighted by atomic mass is 10.1. The van der Waals surface area contributed by atoms with Gasteiger partial charge in [0.25, 0.3) is 0 Å². The van der Waals surface area contributed by atoms with Crippen LogP contribution in [0, 0.1) is 6.92 Å². The van der Waals surface area contributed by atoms with Gasteiger partial charge in [0.2, 0.25) is 0 Å². The molecular weight excluding hydrogens is 260 g/mol. The summed E-state index contributed by atoms with van der Waals surface area (Å²) in [6, 6.07) is 9.30. The number of aromatic nitrogens is 1. The third-order valence-corrected chi connectivity index (χ3v) is 3.19. The minimum Gasteiger partial charge on any atom is -0.455 e. The molecule has 4 heteroatoms. The summed E-state index contributed by atoms with van der Waals surface area (Å²) in [5, 5.41) is 0.651. The van der Waals surface area contributed by atoms with E-state index < -0.39 is 0 Å². The largest absolute Gasteiger partial charge is 0.455 e. The van der Waals surface area contributed by atoms with Crippen molar-refractivity contribution in [2.45, 2.75) is 26.3 Å². The fourth-order valence-corrected chi connectivity index (χ4v) is 1.85. The second kappa shape index (κ2) is 6.04. The van der Waals surface area contributed by atoms with Gasteiger partial charge in [0.1, 0.15) is 11.5 Å². The number of aryl methyl sites for hydroxylation is 1. The molecule has 0 fully saturated rings. The zero-order chi connectivity index (χ0) is 13.8. The van der Waals surface area contributed by atoms with Crippen molar-refractivity contribution in [1.29, 1.82) is 0 Å². The van der Waals surface area contributed by atoms with Crippen molar-refractivity contribution in [1.82, 2.24) is 4.98 Å². The number of nitrogens with two attached hydrogens (primary N) is 1. The monoisotopic (exact) mass is 276 g/mol. The van der Waals surface area contributed by atoms with Crippen molar-refractivity contribution in [2.75, 3.05) is 0 Å². The molecule has 1 heterocycles. The van der Waals surface area contributed by atoms with Crippen LogP contribution in [0.4, 0.5) is 0 Å². The first-order valence-corrected chi connectivity index (χ1v) is 6.63. The molecule has 1 atom stereocenters. The number of nitrogens with zero attached hydrogens (tertiary/aromatic N) is 1. The van der Waals surface area contributed by atoms with Crippen LogP contribution in [0.2, 0.25) is 5.02 Å². The van der Waals surface area contributed by atoms with E-state index in [2.05, 4.69) is 4.98 Å². The Morgan fingerprint density at radius 1 is 1.32 bits per heavy atom. The molecule has 0 bridgehead atoms. The van der Waals surface area contributed by atoms with Crippen molar-refractivity contribution in [3.05, 3.63) is 52.8 Å². The molecule has 0 aliphatic rings. The fourth-order valence-electron chi connectivity index (χ4n) is 1.69. The van der Waals surface area contributed by atoms with Crippen molar-refractivity contribution in [3.63, 3.8) is 0 Å². The topological polar surface area (TPSA) is 48.1 Å². The summed E-state index contributed by atoms with van der Waals surface area (Å²) in [6.45, 7) is 4.01. The molecule has 0 saturated carbocycles. The summed E-state index contributed by atoms with van der Waals surface area (Å²) in [5.41, 5.74) is 7.82. The summed E-state index contributed by atoms with van der Waals surface area (Å²) in [5.74, 6) is 1.42. The summed E-state index contributed by atoms with van der Waals surface area (Å²) in [7, 11) is 0. The molecule has 1 aromatic carbocycles. The average molecular weight is 277 g/mol. The zero-order valence-corrected chi connectivity index (χ0v) is 11.8. The summed E-state index contributed by atoms with van der Waals surface area (Å²) < 4.78 is 5.77. The van der Waals surface area contributed by atoms with Crippen LogP contribution < -0.4 is 10.5 Å². The lowest BCUT2D eigenvalue weighted by Crippen LogP contribution is -2.10. The highest BCUT2D eigenvalue weighted by molar-refractivity contribution is 6.30. The summed E-state index contributed by atoms with van der Waals surface area (Å²) in [4.78, 5) is 4.31. The molecule has 0 spiro atoms. The van der Waals surface area contributed by atoms with E-state index in [4.69, 9.17) is 22.1 Å². The Morgan fingerprint density at radius 2 is 2.11 bits per heavy atom. The Balaban J connectivity index is 2.17. The van der Waals surface area contributed by atoms with Gasteiger partial charge < -0.3 is 10.5 Å². The molecule has 0 saturated heterocycles. The molecule has 0 amide bonds. The van der Waals surface area contributed by atoms with E-state index in [1.165, 1.54) is 0 Å². The number of hydrogen-bond donors (Lipinski definition) is 1. The smallest absolute Gasteiger partial charge is 0.145 e. The van der Waals surface area contributed by atoms with E-state index in [1.807, 2.05) is 38.1 Å². The normalized spacial score (nSPS) is 12.2. The lowest BCUT2D eigenvalue weighted by molar-refractivity contribution is 0.475. The molecular formula is C15H17ClN2O. The lowest BCUT2D eigenvalue weighted by Gasteiger charge is -2.11. The Kier molecular flexibility index (Phi) is 4.40. The van der Waals surface area contributed by atoms with Crippen LogP contribution in [-0.2, 0) is 0 Å². The molecule has 1 aromatic heterocycles. The minimum absolute atomic E-state index is 0.0260. The van der Waals surface area contributed by atoms with Gasteiger partial charge in [-0.15, -0.1) is 0 Å². The first-order valence-electron chi connectivity index (χ1n) is 6.25.